The molecular weight excluding hydrogens is 633 g/mol. The van der Waals surface area contributed by atoms with Crippen molar-refractivity contribution in [2.45, 2.75) is 44.7 Å². The molecule has 4 aromatic rings. The van der Waals surface area contributed by atoms with E-state index in [9.17, 15) is 24.6 Å². The SMILES string of the molecule is CCN1C(=O)C(=c2sc(=Cc3ccc4c(c3)C3CCCC3N4c3ccccc3)c(=O)n2CC(=O)On2c(O)ccc2O)SC1=S. The highest BCUT2D eigenvalue weighted by molar-refractivity contribution is 8.30. The van der Waals surface area contributed by atoms with Crippen molar-refractivity contribution in [2.75, 3.05) is 11.4 Å². The first kappa shape index (κ1) is 29.4. The quantitative estimate of drug-likeness (QED) is 0.300. The number of carbonyl (C=O) groups is 2. The van der Waals surface area contributed by atoms with E-state index >= 15 is 0 Å². The minimum Gasteiger partial charge on any atom is -0.492 e. The predicted molar refractivity (Wildman–Crippen MR) is 177 cm³/mol. The third-order valence-corrected chi connectivity index (χ3v) is 11.1. The number of rotatable bonds is 6. The highest BCUT2D eigenvalue weighted by atomic mass is 32.2. The van der Waals surface area contributed by atoms with Crippen molar-refractivity contribution in [1.29, 1.82) is 0 Å². The van der Waals surface area contributed by atoms with Gasteiger partial charge in [-0.05, 0) is 61.2 Å². The Bertz CT molecular complexity index is 2030. The summed E-state index contributed by atoms with van der Waals surface area (Å²) in [5.74, 6) is -1.85. The van der Waals surface area contributed by atoms with Crippen molar-refractivity contribution in [3.8, 4) is 11.8 Å². The summed E-state index contributed by atoms with van der Waals surface area (Å²) in [6.45, 7) is 1.61. The Hall–Kier alpha value is -4.33. The van der Waals surface area contributed by atoms with Crippen LogP contribution in [0.15, 0.2) is 65.5 Å². The van der Waals surface area contributed by atoms with Gasteiger partial charge in [-0.2, -0.15) is 0 Å². The molecule has 1 amide bonds. The zero-order valence-electron chi connectivity index (χ0n) is 24.1. The predicted octanol–water partition coefficient (Wildman–Crippen LogP) is 3.38. The minimum atomic E-state index is -0.929. The van der Waals surface area contributed by atoms with Gasteiger partial charge in [0.15, 0.2) is 0 Å². The van der Waals surface area contributed by atoms with Gasteiger partial charge >= 0.3 is 5.97 Å². The molecule has 13 heteroatoms. The lowest BCUT2D eigenvalue weighted by atomic mass is 9.96. The topological polar surface area (TPSA) is 117 Å². The first-order valence-electron chi connectivity index (χ1n) is 14.5. The van der Waals surface area contributed by atoms with Crippen molar-refractivity contribution < 1.29 is 24.6 Å². The minimum absolute atomic E-state index is 0.254. The van der Waals surface area contributed by atoms with Crippen LogP contribution in [0.3, 0.4) is 0 Å². The molecule has 2 fully saturated rings. The first-order chi connectivity index (χ1) is 21.7. The molecule has 2 aromatic heterocycles. The maximum absolute atomic E-state index is 13.9. The van der Waals surface area contributed by atoms with Gasteiger partial charge in [0, 0.05) is 42.0 Å². The lowest BCUT2D eigenvalue weighted by molar-refractivity contribution is -0.146. The number of aromatic nitrogens is 2. The van der Waals surface area contributed by atoms with Gasteiger partial charge in [0.1, 0.15) is 20.4 Å². The Balaban J connectivity index is 1.31. The Labute approximate surface area is 271 Å². The maximum atomic E-state index is 13.9. The number of hydrogen-bond donors (Lipinski definition) is 2. The Morgan fingerprint density at radius 3 is 2.53 bits per heavy atom. The summed E-state index contributed by atoms with van der Waals surface area (Å²) in [5, 5.41) is 19.8. The Morgan fingerprint density at radius 2 is 1.82 bits per heavy atom. The normalized spacial score (nSPS) is 20.7. The second-order valence-corrected chi connectivity index (χ2v) is 13.7. The average Bonchev–Trinajstić information content (AvgIpc) is 3.82. The van der Waals surface area contributed by atoms with Crippen LogP contribution >= 0.6 is 35.3 Å². The lowest BCUT2D eigenvalue weighted by Crippen LogP contribution is -2.37. The summed E-state index contributed by atoms with van der Waals surface area (Å²) in [6, 6.07) is 19.3. The molecule has 10 nitrogen and oxygen atoms in total. The highest BCUT2D eigenvalue weighted by Crippen LogP contribution is 2.52. The first-order valence-corrected chi connectivity index (χ1v) is 16.6. The molecule has 0 spiro atoms. The van der Waals surface area contributed by atoms with Gasteiger partial charge in [-0.15, -0.1) is 16.1 Å². The van der Waals surface area contributed by atoms with Crippen LogP contribution in [0, 0.1) is 0 Å². The van der Waals surface area contributed by atoms with Crippen molar-refractivity contribution in [2.24, 2.45) is 0 Å². The van der Waals surface area contributed by atoms with E-state index in [0.29, 0.717) is 32.1 Å². The van der Waals surface area contributed by atoms with Crippen LogP contribution in [-0.2, 0) is 16.1 Å². The van der Waals surface area contributed by atoms with Crippen molar-refractivity contribution in [3.63, 3.8) is 0 Å². The summed E-state index contributed by atoms with van der Waals surface area (Å²) in [7, 11) is 0. The van der Waals surface area contributed by atoms with Gasteiger partial charge in [-0.1, -0.05) is 54.7 Å². The molecule has 230 valence electrons. The molecule has 2 aliphatic heterocycles. The van der Waals surface area contributed by atoms with Gasteiger partial charge < -0.3 is 20.0 Å². The molecule has 1 saturated heterocycles. The van der Waals surface area contributed by atoms with Gasteiger partial charge in [-0.3, -0.25) is 19.1 Å². The van der Waals surface area contributed by atoms with Crippen LogP contribution in [0.4, 0.5) is 11.4 Å². The summed E-state index contributed by atoms with van der Waals surface area (Å²) in [6.07, 6.45) is 5.15. The van der Waals surface area contributed by atoms with E-state index < -0.39 is 29.8 Å². The number of para-hydroxylation sites is 1. The van der Waals surface area contributed by atoms with E-state index in [1.54, 1.807) is 6.08 Å². The van der Waals surface area contributed by atoms with E-state index in [4.69, 9.17) is 17.1 Å². The monoisotopic (exact) mass is 660 g/mol. The molecule has 2 unspecified atom stereocenters. The zero-order valence-corrected chi connectivity index (χ0v) is 26.5. The van der Waals surface area contributed by atoms with Gasteiger partial charge in [0.25, 0.3) is 11.5 Å². The number of fused-ring (bicyclic) bond motifs is 3. The van der Waals surface area contributed by atoms with Gasteiger partial charge in [0.05, 0.1) is 4.53 Å². The maximum Gasteiger partial charge on any atom is 0.352 e. The average molecular weight is 661 g/mol. The number of carbonyl (C=O) groups excluding carboxylic acids is 2. The fourth-order valence-corrected chi connectivity index (χ4v) is 9.07. The number of aromatic hydroxyl groups is 2. The van der Waals surface area contributed by atoms with Crippen LogP contribution < -0.4 is 24.5 Å². The molecule has 45 heavy (non-hydrogen) atoms. The number of anilines is 2. The molecular formula is C32H28N4O6S3. The lowest BCUT2D eigenvalue weighted by Gasteiger charge is -2.27. The van der Waals surface area contributed by atoms with Crippen molar-refractivity contribution >= 4 is 73.9 Å². The van der Waals surface area contributed by atoms with E-state index in [0.717, 1.165) is 60.1 Å². The number of nitrogens with zero attached hydrogens (tertiary/aromatic N) is 4. The Kier molecular flexibility index (Phi) is 7.54. The van der Waals surface area contributed by atoms with Crippen LogP contribution in [0.2, 0.25) is 0 Å². The standard InChI is InChI=1S/C32H28N4O6S3/c1-2-33-30(41)28(45-32(33)43)31-34(17-27(39)42-36-25(37)13-14-26(36)38)29(40)24(44-31)16-18-11-12-23-21(15-18)20-9-6-10-22(20)35(23)19-7-4-3-5-8-19/h3-5,7-8,11-16,20,22,37-38H,2,6,9-10,17H2,1H3. The van der Waals surface area contributed by atoms with E-state index in [2.05, 4.69) is 41.3 Å². The number of benzene rings is 2. The molecule has 0 bridgehead atoms. The molecule has 1 aliphatic carbocycles. The van der Waals surface area contributed by atoms with Crippen LogP contribution in [0.5, 0.6) is 11.8 Å². The molecule has 0 radical (unpaired) electrons. The summed E-state index contributed by atoms with van der Waals surface area (Å²) in [4.78, 5) is 49.3. The van der Waals surface area contributed by atoms with E-state index in [-0.39, 0.29) is 15.5 Å². The van der Waals surface area contributed by atoms with E-state index in [1.165, 1.54) is 26.4 Å². The second-order valence-electron chi connectivity index (χ2n) is 11.0. The van der Waals surface area contributed by atoms with Crippen molar-refractivity contribution in [1.82, 2.24) is 14.2 Å². The third kappa shape index (κ3) is 5.04. The number of thioether (sulfide) groups is 1. The molecule has 7 rings (SSSR count). The number of thiazole rings is 1. The largest absolute Gasteiger partial charge is 0.492 e. The molecule has 1 saturated carbocycles. The van der Waals surface area contributed by atoms with Crippen molar-refractivity contribution in [3.05, 3.63) is 91.3 Å². The number of thiocarbonyl (C=S) groups is 1. The molecule has 4 heterocycles. The number of amides is 1. The summed E-state index contributed by atoms with van der Waals surface area (Å²) >= 11 is 7.60. The third-order valence-electron chi connectivity index (χ3n) is 8.40. The van der Waals surface area contributed by atoms with Crippen LogP contribution in [0.25, 0.3) is 11.0 Å². The zero-order chi connectivity index (χ0) is 31.4. The second kappa shape index (κ2) is 11.5. The molecule has 3 aliphatic rings. The number of hydrogen-bond acceptors (Lipinski definition) is 10. The molecule has 2 atom stereocenters. The van der Waals surface area contributed by atoms with Crippen LogP contribution in [0.1, 0.15) is 43.2 Å². The Morgan fingerprint density at radius 1 is 1.07 bits per heavy atom. The smallest absolute Gasteiger partial charge is 0.352 e. The van der Waals surface area contributed by atoms with Gasteiger partial charge in [0.2, 0.25) is 11.8 Å². The molecule has 2 N–H and O–H groups in total. The van der Waals surface area contributed by atoms with Crippen LogP contribution in [-0.4, -0.2) is 53.2 Å². The molecule has 2 aromatic carbocycles. The fourth-order valence-electron chi connectivity index (χ4n) is 6.43. The van der Waals surface area contributed by atoms with E-state index in [1.807, 2.05) is 19.1 Å². The van der Waals surface area contributed by atoms with Gasteiger partial charge in [-0.25, -0.2) is 4.79 Å². The highest BCUT2D eigenvalue weighted by Gasteiger charge is 2.42. The summed E-state index contributed by atoms with van der Waals surface area (Å²) in [5.41, 5.74) is 3.96. The summed E-state index contributed by atoms with van der Waals surface area (Å²) < 4.78 is 2.74. The fraction of sp³-hybridized carbons (Fsp3) is 0.250.